The van der Waals surface area contributed by atoms with Gasteiger partial charge in [0.2, 0.25) is 0 Å². The van der Waals surface area contributed by atoms with E-state index in [0.29, 0.717) is 23.2 Å². The largest absolute Gasteiger partial charge is 0.350 e. The van der Waals surface area contributed by atoms with Crippen LogP contribution in [-0.4, -0.2) is 25.0 Å². The highest BCUT2D eigenvalue weighted by atomic mass is 79.9. The second-order valence-electron chi connectivity index (χ2n) is 4.13. The minimum Gasteiger partial charge on any atom is -0.350 e. The highest BCUT2D eigenvalue weighted by molar-refractivity contribution is 9.10. The molecule has 1 amide bonds. The van der Waals surface area contributed by atoms with Crippen molar-refractivity contribution >= 4 is 33.4 Å². The highest BCUT2D eigenvalue weighted by Crippen LogP contribution is 2.20. The molecule has 0 radical (unpaired) electrons. The molecule has 1 unspecified atom stereocenters. The Morgan fingerprint density at radius 1 is 1.59 bits per heavy atom. The zero-order valence-corrected chi connectivity index (χ0v) is 11.6. The van der Waals surface area contributed by atoms with Gasteiger partial charge in [0.05, 0.1) is 10.6 Å². The van der Waals surface area contributed by atoms with Crippen molar-refractivity contribution in [3.05, 3.63) is 33.3 Å². The van der Waals surface area contributed by atoms with E-state index in [1.807, 2.05) is 6.07 Å². The number of hydrogen-bond donors (Lipinski definition) is 2. The summed E-state index contributed by atoms with van der Waals surface area (Å²) in [4.78, 5) is 11.9. The molecule has 3 nitrogen and oxygen atoms in total. The Hall–Kier alpha value is -0.580. The van der Waals surface area contributed by atoms with Gasteiger partial charge in [-0.15, -0.1) is 0 Å². The molecule has 0 bridgehead atoms. The smallest absolute Gasteiger partial charge is 0.252 e. The molecule has 1 aliphatic heterocycles. The molecule has 1 heterocycles. The minimum absolute atomic E-state index is 0.120. The summed E-state index contributed by atoms with van der Waals surface area (Å²) in [5, 5.41) is 6.71. The summed E-state index contributed by atoms with van der Waals surface area (Å²) in [6.45, 7) is 1.69. The average molecular weight is 318 g/mol. The molecule has 17 heavy (non-hydrogen) atoms. The summed E-state index contributed by atoms with van der Waals surface area (Å²) in [6, 6.07) is 5.66. The average Bonchev–Trinajstić information content (AvgIpc) is 2.82. The lowest BCUT2D eigenvalue weighted by Crippen LogP contribution is -2.37. The maximum Gasteiger partial charge on any atom is 0.252 e. The SMILES string of the molecule is O=C(NCC1CCCN1)c1cc(Br)ccc1Cl. The molecular formula is C12H14BrClN2O. The Balaban J connectivity index is 1.96. The van der Waals surface area contributed by atoms with Crippen LogP contribution in [-0.2, 0) is 0 Å². The Morgan fingerprint density at radius 2 is 2.41 bits per heavy atom. The maximum absolute atomic E-state index is 11.9. The van der Waals surface area contributed by atoms with Crippen LogP contribution < -0.4 is 10.6 Å². The summed E-state index contributed by atoms with van der Waals surface area (Å²) < 4.78 is 0.853. The number of nitrogens with one attached hydrogen (secondary N) is 2. The van der Waals surface area contributed by atoms with E-state index in [1.54, 1.807) is 12.1 Å². The van der Waals surface area contributed by atoms with Gasteiger partial charge < -0.3 is 10.6 Å². The zero-order chi connectivity index (χ0) is 12.3. The van der Waals surface area contributed by atoms with Gasteiger partial charge in [0.1, 0.15) is 0 Å². The number of benzene rings is 1. The summed E-state index contributed by atoms with van der Waals surface area (Å²) in [5.74, 6) is -0.120. The predicted molar refractivity (Wildman–Crippen MR) is 72.5 cm³/mol. The van der Waals surface area contributed by atoms with E-state index in [-0.39, 0.29) is 5.91 Å². The first-order valence-corrected chi connectivity index (χ1v) is 6.80. The highest BCUT2D eigenvalue weighted by Gasteiger charge is 2.16. The molecule has 1 aromatic rings. The molecule has 1 aromatic carbocycles. The Labute approximate surface area is 114 Å². The molecule has 2 N–H and O–H groups in total. The van der Waals surface area contributed by atoms with Crippen molar-refractivity contribution < 1.29 is 4.79 Å². The van der Waals surface area contributed by atoms with Gasteiger partial charge in [0.25, 0.3) is 5.91 Å². The normalized spacial score (nSPS) is 19.3. The van der Waals surface area contributed by atoms with Crippen molar-refractivity contribution in [1.82, 2.24) is 10.6 Å². The fourth-order valence-electron chi connectivity index (χ4n) is 1.91. The van der Waals surface area contributed by atoms with Crippen molar-refractivity contribution in [3.63, 3.8) is 0 Å². The van der Waals surface area contributed by atoms with E-state index >= 15 is 0 Å². The van der Waals surface area contributed by atoms with Gasteiger partial charge in [-0.05, 0) is 37.6 Å². The van der Waals surface area contributed by atoms with E-state index in [1.165, 1.54) is 6.42 Å². The predicted octanol–water partition coefficient (Wildman–Crippen LogP) is 2.58. The van der Waals surface area contributed by atoms with Gasteiger partial charge in [-0.1, -0.05) is 27.5 Å². The van der Waals surface area contributed by atoms with Crippen molar-refractivity contribution in [3.8, 4) is 0 Å². The third-order valence-corrected chi connectivity index (χ3v) is 3.67. The quantitative estimate of drug-likeness (QED) is 0.899. The topological polar surface area (TPSA) is 41.1 Å². The van der Waals surface area contributed by atoms with Gasteiger partial charge in [-0.3, -0.25) is 4.79 Å². The maximum atomic E-state index is 11.9. The Kier molecular flexibility index (Phi) is 4.42. The molecule has 0 spiro atoms. The number of amides is 1. The fraction of sp³-hybridized carbons (Fsp3) is 0.417. The number of carbonyl (C=O) groups excluding carboxylic acids is 1. The van der Waals surface area contributed by atoms with Crippen molar-refractivity contribution in [2.45, 2.75) is 18.9 Å². The number of rotatable bonds is 3. The summed E-state index contributed by atoms with van der Waals surface area (Å²) in [5.41, 5.74) is 0.513. The first kappa shape index (κ1) is 12.9. The standard InChI is InChI=1S/C12H14BrClN2O/c13-8-3-4-11(14)10(6-8)12(17)16-7-9-2-1-5-15-9/h3-4,6,9,15H,1-2,5,7H2,(H,16,17). The van der Waals surface area contributed by atoms with Crippen molar-refractivity contribution in [2.75, 3.05) is 13.1 Å². The fourth-order valence-corrected chi connectivity index (χ4v) is 2.48. The minimum atomic E-state index is -0.120. The second kappa shape index (κ2) is 5.85. The molecule has 0 aliphatic carbocycles. The first-order chi connectivity index (χ1) is 8.16. The summed E-state index contributed by atoms with van der Waals surface area (Å²) in [6.07, 6.45) is 2.30. The molecule has 0 aromatic heterocycles. The van der Waals surface area contributed by atoms with Gasteiger partial charge in [0.15, 0.2) is 0 Å². The number of carbonyl (C=O) groups is 1. The number of hydrogen-bond acceptors (Lipinski definition) is 2. The van der Waals surface area contributed by atoms with E-state index < -0.39 is 0 Å². The molecule has 1 fully saturated rings. The molecule has 2 rings (SSSR count). The van der Waals surface area contributed by atoms with Crippen LogP contribution in [0.25, 0.3) is 0 Å². The van der Waals surface area contributed by atoms with Crippen LogP contribution in [0.2, 0.25) is 5.02 Å². The van der Waals surface area contributed by atoms with Gasteiger partial charge in [-0.2, -0.15) is 0 Å². The van der Waals surface area contributed by atoms with Gasteiger partial charge in [0, 0.05) is 17.1 Å². The molecule has 1 aliphatic rings. The van der Waals surface area contributed by atoms with E-state index in [4.69, 9.17) is 11.6 Å². The van der Waals surface area contributed by atoms with E-state index in [9.17, 15) is 4.79 Å². The molecule has 5 heteroatoms. The van der Waals surface area contributed by atoms with Crippen LogP contribution in [0.3, 0.4) is 0 Å². The van der Waals surface area contributed by atoms with Gasteiger partial charge in [-0.25, -0.2) is 0 Å². The molecule has 0 saturated carbocycles. The van der Waals surface area contributed by atoms with Crippen molar-refractivity contribution in [1.29, 1.82) is 0 Å². The summed E-state index contributed by atoms with van der Waals surface area (Å²) in [7, 11) is 0. The van der Waals surface area contributed by atoms with Crippen LogP contribution in [0, 0.1) is 0 Å². The monoisotopic (exact) mass is 316 g/mol. The molecule has 1 saturated heterocycles. The van der Waals surface area contributed by atoms with Crippen LogP contribution in [0.4, 0.5) is 0 Å². The third-order valence-electron chi connectivity index (χ3n) is 2.84. The van der Waals surface area contributed by atoms with Crippen LogP contribution in [0.15, 0.2) is 22.7 Å². The lowest BCUT2D eigenvalue weighted by atomic mass is 10.2. The summed E-state index contributed by atoms with van der Waals surface area (Å²) >= 11 is 9.32. The Bertz CT molecular complexity index is 419. The van der Waals surface area contributed by atoms with Crippen LogP contribution in [0.1, 0.15) is 23.2 Å². The van der Waals surface area contributed by atoms with E-state index in [2.05, 4.69) is 26.6 Å². The molecule has 92 valence electrons. The van der Waals surface area contributed by atoms with E-state index in [0.717, 1.165) is 17.4 Å². The van der Waals surface area contributed by atoms with Crippen molar-refractivity contribution in [2.24, 2.45) is 0 Å². The molecular weight excluding hydrogens is 304 g/mol. The molecule has 1 atom stereocenters. The van der Waals surface area contributed by atoms with Gasteiger partial charge >= 0.3 is 0 Å². The van der Waals surface area contributed by atoms with Crippen LogP contribution >= 0.6 is 27.5 Å². The second-order valence-corrected chi connectivity index (χ2v) is 5.45. The Morgan fingerprint density at radius 3 is 3.12 bits per heavy atom. The lowest BCUT2D eigenvalue weighted by molar-refractivity contribution is 0.0950. The zero-order valence-electron chi connectivity index (χ0n) is 9.30. The van der Waals surface area contributed by atoms with Crippen LogP contribution in [0.5, 0.6) is 0 Å². The third kappa shape index (κ3) is 3.44. The number of halogens is 2. The first-order valence-electron chi connectivity index (χ1n) is 5.63. The lowest BCUT2D eigenvalue weighted by Gasteiger charge is -2.12.